The van der Waals surface area contributed by atoms with Gasteiger partial charge in [-0.3, -0.25) is 9.59 Å². The average molecular weight is 352 g/mol. The summed E-state index contributed by atoms with van der Waals surface area (Å²) in [6.45, 7) is 1.42. The molecule has 2 N–H and O–H groups in total. The molecule has 2 aromatic carbocycles. The molecule has 0 fully saturated rings. The predicted molar refractivity (Wildman–Crippen MR) is 98.1 cm³/mol. The van der Waals surface area contributed by atoms with Gasteiger partial charge in [0, 0.05) is 27.8 Å². The number of benzene rings is 2. The number of ketones is 1. The number of anilines is 1. The molecule has 3 rings (SSSR count). The molecule has 3 aromatic rings. The third-order valence-electron chi connectivity index (χ3n) is 3.67. The first kappa shape index (κ1) is 17.0. The fourth-order valence-corrected chi connectivity index (χ4v) is 2.94. The number of carbonyl (C=O) groups excluding carboxylic acids is 2. The monoisotopic (exact) mass is 352 g/mol. The zero-order chi connectivity index (χ0) is 17.8. The van der Waals surface area contributed by atoms with E-state index in [0.717, 1.165) is 16.3 Å². The third kappa shape index (κ3) is 3.99. The number of amides is 1. The lowest BCUT2D eigenvalue weighted by molar-refractivity contribution is 0.0903. The van der Waals surface area contributed by atoms with Gasteiger partial charge in [-0.05, 0) is 43.3 Å². The van der Waals surface area contributed by atoms with Gasteiger partial charge < -0.3 is 10.4 Å². The number of aromatic nitrogens is 1. The largest absolute Gasteiger partial charge is 0.388 e. The Labute approximate surface area is 149 Å². The van der Waals surface area contributed by atoms with Crippen LogP contribution in [0.5, 0.6) is 0 Å². The second kappa shape index (κ2) is 7.38. The molecule has 0 saturated carbocycles. The van der Waals surface area contributed by atoms with Gasteiger partial charge in [0.1, 0.15) is 6.61 Å². The van der Waals surface area contributed by atoms with Gasteiger partial charge in [0.15, 0.2) is 5.78 Å². The Kier molecular flexibility index (Phi) is 5.02. The molecule has 1 amide bonds. The number of thiazole rings is 1. The van der Waals surface area contributed by atoms with Crippen LogP contribution in [0.25, 0.3) is 11.3 Å². The molecular weight excluding hydrogens is 336 g/mol. The summed E-state index contributed by atoms with van der Waals surface area (Å²) in [6.07, 6.45) is 0. The smallest absolute Gasteiger partial charge is 0.255 e. The van der Waals surface area contributed by atoms with Gasteiger partial charge >= 0.3 is 0 Å². The van der Waals surface area contributed by atoms with Crippen LogP contribution in [-0.2, 0) is 0 Å². The van der Waals surface area contributed by atoms with Crippen LogP contribution >= 0.6 is 11.3 Å². The van der Waals surface area contributed by atoms with Crippen LogP contribution in [0.4, 0.5) is 5.69 Å². The Balaban J connectivity index is 1.70. The fraction of sp³-hybridized carbons (Fsp3) is 0.105. The maximum atomic E-state index is 12.3. The van der Waals surface area contributed by atoms with Gasteiger partial charge in [0.25, 0.3) is 5.91 Å². The highest BCUT2D eigenvalue weighted by Gasteiger charge is 2.09. The first-order valence-corrected chi connectivity index (χ1v) is 8.53. The molecule has 0 radical (unpaired) electrons. The second-order valence-electron chi connectivity index (χ2n) is 5.44. The minimum Gasteiger partial charge on any atom is -0.388 e. The van der Waals surface area contributed by atoms with Crippen molar-refractivity contribution in [1.82, 2.24) is 4.98 Å². The van der Waals surface area contributed by atoms with Gasteiger partial charge in [-0.25, -0.2) is 4.98 Å². The van der Waals surface area contributed by atoms with Crippen molar-refractivity contribution < 1.29 is 14.7 Å². The first-order valence-electron chi connectivity index (χ1n) is 7.65. The summed E-state index contributed by atoms with van der Waals surface area (Å²) in [5.74, 6) is -0.590. The lowest BCUT2D eigenvalue weighted by Crippen LogP contribution is -2.12. The molecule has 126 valence electrons. The van der Waals surface area contributed by atoms with E-state index in [1.807, 2.05) is 24.4 Å². The molecule has 6 heteroatoms. The molecule has 0 aliphatic heterocycles. The number of aryl methyl sites for hydroxylation is 1. The molecule has 1 heterocycles. The normalized spacial score (nSPS) is 10.5. The number of hydrogen-bond acceptors (Lipinski definition) is 5. The van der Waals surface area contributed by atoms with Crippen LogP contribution in [0.15, 0.2) is 53.9 Å². The maximum absolute atomic E-state index is 12.3. The zero-order valence-electron chi connectivity index (χ0n) is 13.5. The Morgan fingerprint density at radius 1 is 1.04 bits per heavy atom. The van der Waals surface area contributed by atoms with E-state index in [0.29, 0.717) is 16.8 Å². The van der Waals surface area contributed by atoms with E-state index in [2.05, 4.69) is 10.3 Å². The van der Waals surface area contributed by atoms with Crippen LogP contribution in [0.2, 0.25) is 0 Å². The van der Waals surface area contributed by atoms with Crippen molar-refractivity contribution in [2.45, 2.75) is 6.92 Å². The van der Waals surface area contributed by atoms with Crippen molar-refractivity contribution in [3.63, 3.8) is 0 Å². The average Bonchev–Trinajstić information content (AvgIpc) is 3.08. The highest BCUT2D eigenvalue weighted by Crippen LogP contribution is 2.22. The van der Waals surface area contributed by atoms with Crippen LogP contribution in [0, 0.1) is 6.92 Å². The van der Waals surface area contributed by atoms with Crippen molar-refractivity contribution >= 4 is 28.7 Å². The predicted octanol–water partition coefficient (Wildman–Crippen LogP) is 3.55. The number of rotatable bonds is 5. The van der Waals surface area contributed by atoms with E-state index in [1.165, 1.54) is 0 Å². The van der Waals surface area contributed by atoms with E-state index in [4.69, 9.17) is 5.11 Å². The van der Waals surface area contributed by atoms with Crippen molar-refractivity contribution in [2.24, 2.45) is 0 Å². The SMILES string of the molecule is Cc1nc(-c2ccc(C(=O)Nc3ccc(C(=O)CO)cc3)cc2)cs1. The fourth-order valence-electron chi connectivity index (χ4n) is 2.32. The molecule has 25 heavy (non-hydrogen) atoms. The van der Waals surface area contributed by atoms with Gasteiger partial charge in [-0.15, -0.1) is 11.3 Å². The number of nitrogens with one attached hydrogen (secondary N) is 1. The van der Waals surface area contributed by atoms with Crippen molar-refractivity contribution in [1.29, 1.82) is 0 Å². The molecule has 0 aliphatic rings. The quantitative estimate of drug-likeness (QED) is 0.688. The molecule has 0 atom stereocenters. The van der Waals surface area contributed by atoms with Gasteiger partial charge in [-0.1, -0.05) is 12.1 Å². The molecule has 0 bridgehead atoms. The zero-order valence-corrected chi connectivity index (χ0v) is 14.3. The summed E-state index contributed by atoms with van der Waals surface area (Å²) in [5, 5.41) is 14.6. The molecule has 5 nitrogen and oxygen atoms in total. The van der Waals surface area contributed by atoms with Crippen LogP contribution in [0.1, 0.15) is 25.7 Å². The summed E-state index contributed by atoms with van der Waals surface area (Å²) >= 11 is 1.59. The Morgan fingerprint density at radius 3 is 2.24 bits per heavy atom. The Hall–Kier alpha value is -2.83. The maximum Gasteiger partial charge on any atom is 0.255 e. The van der Waals surface area contributed by atoms with Crippen LogP contribution < -0.4 is 5.32 Å². The minimum absolute atomic E-state index is 0.234. The molecule has 1 aromatic heterocycles. The highest BCUT2D eigenvalue weighted by molar-refractivity contribution is 7.09. The number of nitrogens with zero attached hydrogens (tertiary/aromatic N) is 1. The number of Topliss-reactive ketones (excluding diaryl/α,β-unsaturated/α-hetero) is 1. The summed E-state index contributed by atoms with van der Waals surface area (Å²) in [4.78, 5) is 28.1. The standard InChI is InChI=1S/C19H16N2O3S/c1-12-20-17(11-25-12)13-2-4-15(5-3-13)19(24)21-16-8-6-14(7-9-16)18(23)10-22/h2-9,11,22H,10H2,1H3,(H,21,24). The number of carbonyl (C=O) groups is 2. The summed E-state index contributed by atoms with van der Waals surface area (Å²) in [7, 11) is 0. The highest BCUT2D eigenvalue weighted by atomic mass is 32.1. The lowest BCUT2D eigenvalue weighted by Gasteiger charge is -2.07. The summed E-state index contributed by atoms with van der Waals surface area (Å²) in [5.41, 5.74) is 3.39. The van der Waals surface area contributed by atoms with E-state index in [1.54, 1.807) is 47.7 Å². The number of aliphatic hydroxyl groups excluding tert-OH is 1. The number of hydrogen-bond donors (Lipinski definition) is 2. The Bertz CT molecular complexity index is 899. The van der Waals surface area contributed by atoms with Gasteiger partial charge in [0.05, 0.1) is 10.7 Å². The third-order valence-corrected chi connectivity index (χ3v) is 4.44. The summed E-state index contributed by atoms with van der Waals surface area (Å²) < 4.78 is 0. The van der Waals surface area contributed by atoms with E-state index in [9.17, 15) is 9.59 Å². The first-order chi connectivity index (χ1) is 12.1. The summed E-state index contributed by atoms with van der Waals surface area (Å²) in [6, 6.07) is 13.6. The van der Waals surface area contributed by atoms with Gasteiger partial charge in [-0.2, -0.15) is 0 Å². The van der Waals surface area contributed by atoms with Crippen LogP contribution in [0.3, 0.4) is 0 Å². The van der Waals surface area contributed by atoms with E-state index < -0.39 is 6.61 Å². The molecule has 0 saturated heterocycles. The van der Waals surface area contributed by atoms with Gasteiger partial charge in [0.2, 0.25) is 0 Å². The minimum atomic E-state index is -0.531. The van der Waals surface area contributed by atoms with Crippen molar-refractivity contribution in [2.75, 3.05) is 11.9 Å². The topological polar surface area (TPSA) is 79.3 Å². The number of aliphatic hydroxyl groups is 1. The Morgan fingerprint density at radius 2 is 1.68 bits per heavy atom. The molecular formula is C19H16N2O3S. The molecule has 0 spiro atoms. The second-order valence-corrected chi connectivity index (χ2v) is 6.50. The molecule has 0 aliphatic carbocycles. The molecule has 0 unspecified atom stereocenters. The van der Waals surface area contributed by atoms with Crippen LogP contribution in [-0.4, -0.2) is 28.4 Å². The van der Waals surface area contributed by atoms with Crippen molar-refractivity contribution in [3.05, 3.63) is 70.0 Å². The lowest BCUT2D eigenvalue weighted by atomic mass is 10.1. The van der Waals surface area contributed by atoms with Crippen molar-refractivity contribution in [3.8, 4) is 11.3 Å². The van der Waals surface area contributed by atoms with E-state index >= 15 is 0 Å². The van der Waals surface area contributed by atoms with E-state index in [-0.39, 0.29) is 11.7 Å².